The molecule has 0 saturated carbocycles. The molecule has 1 unspecified atom stereocenters. The third-order valence-electron chi connectivity index (χ3n) is 4.41. The van der Waals surface area contributed by atoms with Gasteiger partial charge in [-0.25, -0.2) is 0 Å². The average molecular weight is 357 g/mol. The smallest absolute Gasteiger partial charge is 0.317 e. The fourth-order valence-electron chi connectivity index (χ4n) is 3.23. The normalized spacial score (nSPS) is 17.5. The number of likely N-dealkylation sites (N-methyl/N-ethyl adjacent to an activating group) is 1. The lowest BCUT2D eigenvalue weighted by Crippen LogP contribution is -2.49. The number of aromatic amines is 1. The van der Waals surface area contributed by atoms with Gasteiger partial charge in [-0.3, -0.25) is 14.5 Å². The zero-order chi connectivity index (χ0) is 18.5. The van der Waals surface area contributed by atoms with E-state index in [2.05, 4.69) is 4.98 Å². The maximum absolute atomic E-state index is 13.0. The minimum atomic E-state index is -0.879. The Hall–Kier alpha value is -2.64. The van der Waals surface area contributed by atoms with Gasteiger partial charge in [-0.05, 0) is 12.6 Å². The summed E-state index contributed by atoms with van der Waals surface area (Å²) in [5.74, 6) is -0.921. The van der Waals surface area contributed by atoms with Gasteiger partial charge in [0.15, 0.2) is 0 Å². The Balaban J connectivity index is 1.69. The van der Waals surface area contributed by atoms with E-state index in [0.717, 1.165) is 11.1 Å². The van der Waals surface area contributed by atoms with E-state index in [1.54, 1.807) is 23.0 Å². The van der Waals surface area contributed by atoms with Gasteiger partial charge in [0.05, 0.1) is 24.8 Å². The first kappa shape index (κ1) is 18.2. The third-order valence-corrected chi connectivity index (χ3v) is 4.41. The molecule has 26 heavy (non-hydrogen) atoms. The largest absolute Gasteiger partial charge is 0.480 e. The molecule has 2 N–H and O–H groups in total. The van der Waals surface area contributed by atoms with E-state index in [1.807, 2.05) is 36.5 Å². The number of morpholine rings is 1. The Morgan fingerprint density at radius 3 is 2.81 bits per heavy atom. The number of benzene rings is 1. The van der Waals surface area contributed by atoms with Crippen molar-refractivity contribution in [3.63, 3.8) is 0 Å². The third kappa shape index (κ3) is 4.30. The number of hydrogen-bond donors (Lipinski definition) is 2. The number of ether oxygens (including phenoxy) is 1. The summed E-state index contributed by atoms with van der Waals surface area (Å²) < 4.78 is 5.71. The highest BCUT2D eigenvalue weighted by atomic mass is 16.5. The van der Waals surface area contributed by atoms with Crippen molar-refractivity contribution in [2.75, 3.05) is 39.8 Å². The molecular formula is C19H23N3O4. The first-order valence-corrected chi connectivity index (χ1v) is 8.58. The lowest BCUT2D eigenvalue weighted by molar-refractivity contribution is -0.138. The molecule has 1 amide bonds. The van der Waals surface area contributed by atoms with Gasteiger partial charge in [0.1, 0.15) is 0 Å². The number of carbonyl (C=O) groups excluding carboxylic acids is 1. The van der Waals surface area contributed by atoms with Crippen molar-refractivity contribution >= 4 is 11.9 Å². The first-order valence-electron chi connectivity index (χ1n) is 8.58. The van der Waals surface area contributed by atoms with Gasteiger partial charge in [-0.2, -0.15) is 0 Å². The minimum absolute atomic E-state index is 0.0423. The van der Waals surface area contributed by atoms with E-state index in [0.29, 0.717) is 31.8 Å². The monoisotopic (exact) mass is 357 g/mol. The van der Waals surface area contributed by atoms with Crippen LogP contribution in [0.25, 0.3) is 11.1 Å². The molecule has 0 spiro atoms. The molecule has 1 aromatic heterocycles. The Kier molecular flexibility index (Phi) is 5.70. The van der Waals surface area contributed by atoms with Crippen molar-refractivity contribution in [1.82, 2.24) is 14.8 Å². The predicted molar refractivity (Wildman–Crippen MR) is 97.0 cm³/mol. The predicted octanol–water partition coefficient (Wildman–Crippen LogP) is 1.54. The first-order chi connectivity index (χ1) is 12.5. The molecule has 1 aliphatic rings. The number of nitrogens with one attached hydrogen (secondary N) is 1. The molecule has 138 valence electrons. The van der Waals surface area contributed by atoms with Gasteiger partial charge < -0.3 is 19.7 Å². The maximum atomic E-state index is 13.0. The number of amides is 1. The number of carboxylic acids is 1. The standard InChI is InChI=1S/C19H23N3O4/c1-21(13-18(23)24)11-15-12-22(7-8-26-15)19(25)17-10-20-9-16(17)14-5-3-2-4-6-14/h2-6,9-10,15,20H,7-8,11-13H2,1H3,(H,23,24). The zero-order valence-electron chi connectivity index (χ0n) is 14.7. The summed E-state index contributed by atoms with van der Waals surface area (Å²) >= 11 is 0. The number of hydrogen-bond acceptors (Lipinski definition) is 4. The summed E-state index contributed by atoms with van der Waals surface area (Å²) in [6.45, 7) is 1.83. The summed E-state index contributed by atoms with van der Waals surface area (Å²) in [7, 11) is 1.73. The quantitative estimate of drug-likeness (QED) is 0.819. The molecule has 1 atom stereocenters. The number of rotatable bonds is 6. The van der Waals surface area contributed by atoms with E-state index >= 15 is 0 Å². The van der Waals surface area contributed by atoms with E-state index in [9.17, 15) is 9.59 Å². The second-order valence-corrected chi connectivity index (χ2v) is 6.48. The second kappa shape index (κ2) is 8.16. The van der Waals surface area contributed by atoms with Gasteiger partial charge in [0, 0.05) is 37.6 Å². The Labute approximate surface area is 152 Å². The molecule has 2 aromatic rings. The molecule has 0 bridgehead atoms. The summed E-state index contributed by atoms with van der Waals surface area (Å²) in [4.78, 5) is 30.3. The van der Waals surface area contributed by atoms with E-state index < -0.39 is 5.97 Å². The summed E-state index contributed by atoms with van der Waals surface area (Å²) in [6.07, 6.45) is 3.36. The maximum Gasteiger partial charge on any atom is 0.317 e. The van der Waals surface area contributed by atoms with Crippen LogP contribution in [0.4, 0.5) is 0 Å². The van der Waals surface area contributed by atoms with E-state index in [4.69, 9.17) is 9.84 Å². The van der Waals surface area contributed by atoms with E-state index in [-0.39, 0.29) is 18.6 Å². The highest BCUT2D eigenvalue weighted by molar-refractivity contribution is 6.00. The lowest BCUT2D eigenvalue weighted by Gasteiger charge is -2.34. The molecule has 7 nitrogen and oxygen atoms in total. The van der Waals surface area contributed by atoms with Gasteiger partial charge in [-0.1, -0.05) is 30.3 Å². The second-order valence-electron chi connectivity index (χ2n) is 6.48. The van der Waals surface area contributed by atoms with Gasteiger partial charge in [-0.15, -0.1) is 0 Å². The lowest BCUT2D eigenvalue weighted by atomic mass is 10.0. The highest BCUT2D eigenvalue weighted by Gasteiger charge is 2.28. The Morgan fingerprint density at radius 2 is 2.08 bits per heavy atom. The van der Waals surface area contributed by atoms with Crippen molar-refractivity contribution < 1.29 is 19.4 Å². The number of aromatic nitrogens is 1. The number of carbonyl (C=O) groups is 2. The molecule has 1 aliphatic heterocycles. The Morgan fingerprint density at radius 1 is 1.31 bits per heavy atom. The van der Waals surface area contributed by atoms with Gasteiger partial charge in [0.25, 0.3) is 5.91 Å². The van der Waals surface area contributed by atoms with Crippen molar-refractivity contribution in [3.05, 3.63) is 48.3 Å². The van der Waals surface area contributed by atoms with Crippen LogP contribution in [0.15, 0.2) is 42.7 Å². The van der Waals surface area contributed by atoms with Crippen LogP contribution in [0.1, 0.15) is 10.4 Å². The number of nitrogens with zero attached hydrogens (tertiary/aromatic N) is 2. The topological polar surface area (TPSA) is 85.9 Å². The molecule has 1 saturated heterocycles. The van der Waals surface area contributed by atoms with Crippen LogP contribution in [-0.2, 0) is 9.53 Å². The zero-order valence-corrected chi connectivity index (χ0v) is 14.7. The van der Waals surface area contributed by atoms with E-state index in [1.165, 1.54) is 0 Å². The molecule has 3 rings (SSSR count). The van der Waals surface area contributed by atoms with Crippen molar-refractivity contribution in [2.45, 2.75) is 6.10 Å². The molecular weight excluding hydrogens is 334 g/mol. The number of carboxylic acid groups (broad SMARTS) is 1. The van der Waals surface area contributed by atoms with Crippen LogP contribution >= 0.6 is 0 Å². The molecule has 1 fully saturated rings. The van der Waals surface area contributed by atoms with Gasteiger partial charge in [0.2, 0.25) is 0 Å². The van der Waals surface area contributed by atoms with Crippen LogP contribution in [0, 0.1) is 0 Å². The Bertz CT molecular complexity index is 759. The van der Waals surface area contributed by atoms with Crippen LogP contribution < -0.4 is 0 Å². The van der Waals surface area contributed by atoms with Crippen molar-refractivity contribution in [2.24, 2.45) is 0 Å². The fraction of sp³-hybridized carbons (Fsp3) is 0.368. The molecule has 2 heterocycles. The summed E-state index contributed by atoms with van der Waals surface area (Å²) in [5, 5.41) is 8.87. The summed E-state index contributed by atoms with van der Waals surface area (Å²) in [5.41, 5.74) is 2.50. The molecule has 0 aliphatic carbocycles. The van der Waals surface area contributed by atoms with Gasteiger partial charge >= 0.3 is 5.97 Å². The van der Waals surface area contributed by atoms with Crippen molar-refractivity contribution in [3.8, 4) is 11.1 Å². The fourth-order valence-corrected chi connectivity index (χ4v) is 3.23. The highest BCUT2D eigenvalue weighted by Crippen LogP contribution is 2.25. The van der Waals surface area contributed by atoms with Crippen LogP contribution in [-0.4, -0.2) is 77.7 Å². The van der Waals surface area contributed by atoms with Crippen LogP contribution in [0.2, 0.25) is 0 Å². The SMILES string of the molecule is CN(CC(=O)O)CC1CN(C(=O)c2c[nH]cc2-c2ccccc2)CCO1. The van der Waals surface area contributed by atoms with Crippen LogP contribution in [0.3, 0.4) is 0 Å². The number of aliphatic carboxylic acids is 1. The molecule has 7 heteroatoms. The van der Waals surface area contributed by atoms with Crippen molar-refractivity contribution in [1.29, 1.82) is 0 Å². The minimum Gasteiger partial charge on any atom is -0.480 e. The summed E-state index contributed by atoms with van der Waals surface area (Å²) in [6, 6.07) is 9.78. The molecule has 0 radical (unpaired) electrons. The molecule has 1 aromatic carbocycles. The number of H-pyrrole nitrogens is 1. The van der Waals surface area contributed by atoms with Crippen LogP contribution in [0.5, 0.6) is 0 Å². The average Bonchev–Trinajstić information content (AvgIpc) is 3.11.